The molecule has 1 atom stereocenters. The number of benzene rings is 2. The van der Waals surface area contributed by atoms with Crippen LogP contribution in [0.25, 0.3) is 0 Å². The van der Waals surface area contributed by atoms with Crippen LogP contribution in [0.2, 0.25) is 0 Å². The van der Waals surface area contributed by atoms with Crippen molar-refractivity contribution >= 4 is 18.0 Å². The van der Waals surface area contributed by atoms with E-state index in [1.165, 1.54) is 21.3 Å². The predicted octanol–water partition coefficient (Wildman–Crippen LogP) is 4.34. The van der Waals surface area contributed by atoms with Crippen molar-refractivity contribution in [3.05, 3.63) is 48.0 Å². The van der Waals surface area contributed by atoms with Crippen molar-refractivity contribution in [2.75, 3.05) is 21.3 Å². The molecule has 140 valence electrons. The molecule has 0 radical (unpaired) electrons. The predicted molar refractivity (Wildman–Crippen MR) is 104 cm³/mol. The zero-order valence-corrected chi connectivity index (χ0v) is 16.9. The molecule has 26 heavy (non-hydrogen) atoms. The maximum Gasteiger partial charge on any atom is 0.233 e. The lowest BCUT2D eigenvalue weighted by molar-refractivity contribution is 0.106. The van der Waals surface area contributed by atoms with Gasteiger partial charge in [0.25, 0.3) is 0 Å². The number of hydrogen-bond donors (Lipinski definition) is 0. The Morgan fingerprint density at radius 3 is 1.77 bits per heavy atom. The van der Waals surface area contributed by atoms with E-state index in [9.17, 15) is 9.36 Å². The average molecular weight is 376 g/mol. The fourth-order valence-electron chi connectivity index (χ4n) is 2.82. The van der Waals surface area contributed by atoms with Gasteiger partial charge in [-0.1, -0.05) is 51.1 Å². The van der Waals surface area contributed by atoms with Crippen LogP contribution in [-0.4, -0.2) is 32.0 Å². The third-order valence-electron chi connectivity index (χ3n) is 4.28. The SMILES string of the molecule is COc1cc(OC)c(C(=O)P(=O)(c2ccccc2)C(C)(C)C)c(OC)c1. The van der Waals surface area contributed by atoms with Gasteiger partial charge in [-0.3, -0.25) is 4.79 Å². The van der Waals surface area contributed by atoms with Gasteiger partial charge < -0.3 is 18.8 Å². The lowest BCUT2D eigenvalue weighted by atomic mass is 10.2. The molecular formula is C20H25O5P. The summed E-state index contributed by atoms with van der Waals surface area (Å²) in [6.07, 6.45) is 0. The van der Waals surface area contributed by atoms with Crippen LogP contribution in [0.5, 0.6) is 17.2 Å². The molecule has 0 saturated carbocycles. The first-order valence-corrected chi connectivity index (χ1v) is 9.92. The zero-order valence-electron chi connectivity index (χ0n) is 16.0. The number of methoxy groups -OCH3 is 3. The highest BCUT2D eigenvalue weighted by atomic mass is 31.2. The van der Waals surface area contributed by atoms with Crippen LogP contribution in [0.4, 0.5) is 0 Å². The first-order valence-electron chi connectivity index (χ1n) is 8.21. The monoisotopic (exact) mass is 376 g/mol. The van der Waals surface area contributed by atoms with Gasteiger partial charge in [0.15, 0.2) is 7.14 Å². The van der Waals surface area contributed by atoms with Crippen LogP contribution >= 0.6 is 7.14 Å². The molecular weight excluding hydrogens is 351 g/mol. The van der Waals surface area contributed by atoms with E-state index < -0.39 is 17.8 Å². The molecule has 0 aliphatic rings. The number of ether oxygens (including phenoxy) is 3. The topological polar surface area (TPSA) is 61.8 Å². The third kappa shape index (κ3) is 3.36. The van der Waals surface area contributed by atoms with E-state index in [-0.39, 0.29) is 17.1 Å². The highest BCUT2D eigenvalue weighted by Crippen LogP contribution is 2.60. The van der Waals surface area contributed by atoms with Gasteiger partial charge in [0.05, 0.1) is 21.3 Å². The molecule has 2 rings (SSSR count). The standard InChI is InChI=1S/C20H25O5P/c1-20(2,3)26(22,15-10-8-7-9-11-15)19(21)18-16(24-5)12-14(23-4)13-17(18)25-6/h7-13H,1-6H3. The Morgan fingerprint density at radius 2 is 1.38 bits per heavy atom. The number of carbonyl (C=O) groups is 1. The lowest BCUT2D eigenvalue weighted by Crippen LogP contribution is -2.29. The van der Waals surface area contributed by atoms with Crippen LogP contribution in [0.15, 0.2) is 42.5 Å². The summed E-state index contributed by atoms with van der Waals surface area (Å²) >= 11 is 0. The second-order valence-electron chi connectivity index (χ2n) is 6.83. The Kier molecular flexibility index (Phi) is 5.82. The summed E-state index contributed by atoms with van der Waals surface area (Å²) in [4.78, 5) is 13.6. The minimum atomic E-state index is -3.51. The first kappa shape index (κ1) is 20.1. The summed E-state index contributed by atoms with van der Waals surface area (Å²) in [5.41, 5.74) is -0.328. The van der Waals surface area contributed by atoms with Gasteiger partial charge in [-0.25, -0.2) is 0 Å². The molecule has 0 fully saturated rings. The quantitative estimate of drug-likeness (QED) is 0.702. The van der Waals surface area contributed by atoms with Crippen LogP contribution in [-0.2, 0) is 4.57 Å². The highest BCUT2D eigenvalue weighted by Gasteiger charge is 2.47. The Morgan fingerprint density at radius 1 is 0.885 bits per heavy atom. The maximum absolute atomic E-state index is 14.1. The number of carbonyl (C=O) groups excluding carboxylic acids is 1. The molecule has 0 N–H and O–H groups in total. The minimum absolute atomic E-state index is 0.165. The molecule has 0 aliphatic heterocycles. The van der Waals surface area contributed by atoms with E-state index in [0.29, 0.717) is 11.1 Å². The van der Waals surface area contributed by atoms with Crippen LogP contribution < -0.4 is 19.5 Å². The number of rotatable bonds is 6. The molecule has 5 nitrogen and oxygen atoms in total. The highest BCUT2D eigenvalue weighted by molar-refractivity contribution is 7.88. The Balaban J connectivity index is 2.78. The van der Waals surface area contributed by atoms with Gasteiger partial charge in [-0.05, 0) is 0 Å². The van der Waals surface area contributed by atoms with Crippen LogP contribution in [0.1, 0.15) is 31.1 Å². The van der Waals surface area contributed by atoms with E-state index >= 15 is 0 Å². The molecule has 2 aromatic carbocycles. The molecule has 6 heteroatoms. The van der Waals surface area contributed by atoms with Gasteiger partial charge in [0.1, 0.15) is 22.8 Å². The molecule has 1 unspecified atom stereocenters. The van der Waals surface area contributed by atoms with Crippen molar-refractivity contribution in [2.24, 2.45) is 0 Å². The van der Waals surface area contributed by atoms with Gasteiger partial charge in [-0.2, -0.15) is 0 Å². The maximum atomic E-state index is 14.1. The summed E-state index contributed by atoms with van der Waals surface area (Å²) in [5.74, 6) is 1.03. The number of hydrogen-bond acceptors (Lipinski definition) is 5. The van der Waals surface area contributed by atoms with E-state index in [4.69, 9.17) is 14.2 Å². The van der Waals surface area contributed by atoms with Gasteiger partial charge in [-0.15, -0.1) is 0 Å². The van der Waals surface area contributed by atoms with Crippen molar-refractivity contribution in [1.29, 1.82) is 0 Å². The fourth-order valence-corrected chi connectivity index (χ4v) is 5.57. The van der Waals surface area contributed by atoms with E-state index in [0.717, 1.165) is 0 Å². The van der Waals surface area contributed by atoms with Crippen molar-refractivity contribution in [1.82, 2.24) is 0 Å². The van der Waals surface area contributed by atoms with E-state index in [2.05, 4.69) is 0 Å². The molecule has 0 amide bonds. The van der Waals surface area contributed by atoms with Crippen LogP contribution in [0, 0.1) is 0 Å². The lowest BCUT2D eigenvalue weighted by Gasteiger charge is -2.31. The molecule has 0 aliphatic carbocycles. The molecule has 0 heterocycles. The molecule has 2 aromatic rings. The second-order valence-corrected chi connectivity index (χ2v) is 10.3. The molecule has 0 saturated heterocycles. The van der Waals surface area contributed by atoms with E-state index in [1.54, 1.807) is 57.2 Å². The van der Waals surface area contributed by atoms with Crippen LogP contribution in [0.3, 0.4) is 0 Å². The van der Waals surface area contributed by atoms with Crippen molar-refractivity contribution in [3.8, 4) is 17.2 Å². The van der Waals surface area contributed by atoms with Gasteiger partial charge >= 0.3 is 0 Å². The van der Waals surface area contributed by atoms with Crippen molar-refractivity contribution in [3.63, 3.8) is 0 Å². The van der Waals surface area contributed by atoms with E-state index in [1.807, 2.05) is 6.07 Å². The third-order valence-corrected chi connectivity index (χ3v) is 7.99. The molecule has 0 aromatic heterocycles. The zero-order chi connectivity index (χ0) is 19.5. The van der Waals surface area contributed by atoms with Gasteiger partial charge in [0.2, 0.25) is 5.52 Å². The summed E-state index contributed by atoms with van der Waals surface area (Å²) in [6, 6.07) is 12.0. The fraction of sp³-hybridized carbons (Fsp3) is 0.350. The largest absolute Gasteiger partial charge is 0.496 e. The summed E-state index contributed by atoms with van der Waals surface area (Å²) < 4.78 is 30.2. The summed E-state index contributed by atoms with van der Waals surface area (Å²) in [5, 5.41) is -0.265. The Bertz CT molecular complexity index is 812. The Hall–Kier alpha value is -2.26. The molecule has 0 spiro atoms. The first-order chi connectivity index (χ1) is 12.2. The minimum Gasteiger partial charge on any atom is -0.496 e. The second kappa shape index (κ2) is 7.55. The average Bonchev–Trinajstić information content (AvgIpc) is 2.65. The summed E-state index contributed by atoms with van der Waals surface area (Å²) in [7, 11) is 0.909. The summed E-state index contributed by atoms with van der Waals surface area (Å²) in [6.45, 7) is 5.42. The smallest absolute Gasteiger partial charge is 0.233 e. The normalized spacial score (nSPS) is 13.6. The Labute approximate surface area is 154 Å². The van der Waals surface area contributed by atoms with Crippen molar-refractivity contribution in [2.45, 2.75) is 25.9 Å². The molecule has 0 bridgehead atoms. The van der Waals surface area contributed by atoms with Crippen molar-refractivity contribution < 1.29 is 23.6 Å². The van der Waals surface area contributed by atoms with Gasteiger partial charge in [0, 0.05) is 22.6 Å².